The molecule has 2 rings (SSSR count). The Hall–Kier alpha value is -1.35. The van der Waals surface area contributed by atoms with Gasteiger partial charge in [-0.05, 0) is 48.9 Å². The summed E-state index contributed by atoms with van der Waals surface area (Å²) in [6.45, 7) is 4.16. The molecule has 3 N–H and O–H groups in total. The molecule has 0 saturated carbocycles. The zero-order chi connectivity index (χ0) is 13.0. The van der Waals surface area contributed by atoms with E-state index >= 15 is 0 Å². The van der Waals surface area contributed by atoms with Gasteiger partial charge in [0.25, 0.3) is 0 Å². The van der Waals surface area contributed by atoms with E-state index in [2.05, 4.69) is 30.4 Å². The van der Waals surface area contributed by atoms with Crippen molar-refractivity contribution in [2.24, 2.45) is 11.7 Å². The number of fused-ring (bicyclic) bond motifs is 1. The second-order valence-corrected chi connectivity index (χ2v) is 5.12. The van der Waals surface area contributed by atoms with Gasteiger partial charge in [0.15, 0.2) is 0 Å². The summed E-state index contributed by atoms with van der Waals surface area (Å²) < 4.78 is 0. The molecule has 0 spiro atoms. The van der Waals surface area contributed by atoms with Crippen molar-refractivity contribution in [3.8, 4) is 0 Å². The molecule has 0 radical (unpaired) electrons. The number of nitrogens with two attached hydrogens (primary N) is 1. The van der Waals surface area contributed by atoms with Crippen LogP contribution >= 0.6 is 0 Å². The smallest absolute Gasteiger partial charge is 0.220 e. The van der Waals surface area contributed by atoms with Crippen LogP contribution in [0.5, 0.6) is 0 Å². The highest BCUT2D eigenvalue weighted by Crippen LogP contribution is 2.26. The maximum atomic E-state index is 11.2. The summed E-state index contributed by atoms with van der Waals surface area (Å²) in [6.07, 6.45) is 3.84. The predicted molar refractivity (Wildman–Crippen MR) is 73.1 cm³/mol. The normalized spacial score (nSPS) is 18.4. The standard InChI is InChI=1S/C15H22N2O/c1-2-7-17-10-11-3-4-13-9-14(15(16)18)6-5-12(13)8-11/h3-4,8,14,17H,2,5-7,9-10H2,1H3,(H2,16,18). The van der Waals surface area contributed by atoms with Crippen LogP contribution in [0.1, 0.15) is 36.5 Å². The summed E-state index contributed by atoms with van der Waals surface area (Å²) in [5.74, 6) is -0.129. The van der Waals surface area contributed by atoms with Gasteiger partial charge < -0.3 is 11.1 Å². The van der Waals surface area contributed by atoms with Gasteiger partial charge in [-0.15, -0.1) is 0 Å². The minimum absolute atomic E-state index is 0.0292. The minimum Gasteiger partial charge on any atom is -0.369 e. The molecule has 1 unspecified atom stereocenters. The van der Waals surface area contributed by atoms with E-state index < -0.39 is 0 Å². The maximum Gasteiger partial charge on any atom is 0.220 e. The lowest BCUT2D eigenvalue weighted by atomic mass is 9.83. The SMILES string of the molecule is CCCNCc1ccc2c(c1)CCC(C(N)=O)C2. The van der Waals surface area contributed by atoms with Crippen LogP contribution in [0.4, 0.5) is 0 Å². The van der Waals surface area contributed by atoms with Gasteiger partial charge in [0.2, 0.25) is 5.91 Å². The number of carbonyl (C=O) groups excluding carboxylic acids is 1. The average molecular weight is 246 g/mol. The van der Waals surface area contributed by atoms with Crippen molar-refractivity contribution >= 4 is 5.91 Å². The van der Waals surface area contributed by atoms with Crippen LogP contribution in [0, 0.1) is 5.92 Å². The molecule has 3 nitrogen and oxygen atoms in total. The van der Waals surface area contributed by atoms with Gasteiger partial charge in [-0.25, -0.2) is 0 Å². The molecule has 0 fully saturated rings. The Morgan fingerprint density at radius 3 is 3.00 bits per heavy atom. The van der Waals surface area contributed by atoms with Crippen molar-refractivity contribution in [1.29, 1.82) is 0 Å². The third-order valence-electron chi connectivity index (χ3n) is 3.66. The Morgan fingerprint density at radius 2 is 2.28 bits per heavy atom. The molecular formula is C15H22N2O. The highest BCUT2D eigenvalue weighted by molar-refractivity contribution is 5.77. The lowest BCUT2D eigenvalue weighted by Crippen LogP contribution is -2.28. The van der Waals surface area contributed by atoms with E-state index in [0.717, 1.165) is 38.8 Å². The Bertz CT molecular complexity index is 429. The zero-order valence-electron chi connectivity index (χ0n) is 11.0. The fraction of sp³-hybridized carbons (Fsp3) is 0.533. The molecule has 0 saturated heterocycles. The minimum atomic E-state index is -0.158. The first-order valence-electron chi connectivity index (χ1n) is 6.81. The quantitative estimate of drug-likeness (QED) is 0.778. The molecule has 1 aromatic carbocycles. The molecule has 98 valence electrons. The molecule has 1 atom stereocenters. The monoisotopic (exact) mass is 246 g/mol. The summed E-state index contributed by atoms with van der Waals surface area (Å²) >= 11 is 0. The first-order chi connectivity index (χ1) is 8.70. The van der Waals surface area contributed by atoms with Crippen molar-refractivity contribution < 1.29 is 4.79 Å². The van der Waals surface area contributed by atoms with Gasteiger partial charge in [0.1, 0.15) is 0 Å². The number of hydrogen-bond donors (Lipinski definition) is 2. The van der Waals surface area contributed by atoms with Gasteiger partial charge in [0.05, 0.1) is 0 Å². The first kappa shape index (κ1) is 13.1. The van der Waals surface area contributed by atoms with E-state index in [-0.39, 0.29) is 11.8 Å². The Labute approximate surface area is 109 Å². The molecule has 0 heterocycles. The average Bonchev–Trinajstić information content (AvgIpc) is 2.38. The van der Waals surface area contributed by atoms with Crippen LogP contribution in [0.15, 0.2) is 18.2 Å². The summed E-state index contributed by atoms with van der Waals surface area (Å²) in [4.78, 5) is 11.2. The van der Waals surface area contributed by atoms with Crippen LogP contribution in [0.3, 0.4) is 0 Å². The third-order valence-corrected chi connectivity index (χ3v) is 3.66. The van der Waals surface area contributed by atoms with Crippen LogP contribution in [-0.2, 0) is 24.2 Å². The number of nitrogens with one attached hydrogen (secondary N) is 1. The fourth-order valence-corrected chi connectivity index (χ4v) is 2.57. The van der Waals surface area contributed by atoms with Crippen molar-refractivity contribution in [3.63, 3.8) is 0 Å². The van der Waals surface area contributed by atoms with Crippen molar-refractivity contribution in [2.75, 3.05) is 6.54 Å². The molecule has 3 heteroatoms. The first-order valence-corrected chi connectivity index (χ1v) is 6.81. The molecule has 1 aromatic rings. The maximum absolute atomic E-state index is 11.2. The van der Waals surface area contributed by atoms with Crippen molar-refractivity contribution in [1.82, 2.24) is 5.32 Å². The van der Waals surface area contributed by atoms with Crippen LogP contribution < -0.4 is 11.1 Å². The van der Waals surface area contributed by atoms with Gasteiger partial charge in [-0.3, -0.25) is 4.79 Å². The zero-order valence-corrected chi connectivity index (χ0v) is 11.0. The molecule has 18 heavy (non-hydrogen) atoms. The molecule has 0 aromatic heterocycles. The number of hydrogen-bond acceptors (Lipinski definition) is 2. The largest absolute Gasteiger partial charge is 0.369 e. The lowest BCUT2D eigenvalue weighted by Gasteiger charge is -2.22. The summed E-state index contributed by atoms with van der Waals surface area (Å²) in [5.41, 5.74) is 9.41. The Morgan fingerprint density at radius 1 is 1.44 bits per heavy atom. The van der Waals surface area contributed by atoms with Gasteiger partial charge >= 0.3 is 0 Å². The van der Waals surface area contributed by atoms with E-state index in [0.29, 0.717) is 0 Å². The number of aryl methyl sites for hydroxylation is 1. The van der Waals surface area contributed by atoms with E-state index in [4.69, 9.17) is 5.73 Å². The van der Waals surface area contributed by atoms with E-state index in [1.165, 1.54) is 16.7 Å². The second kappa shape index (κ2) is 6.01. The third kappa shape index (κ3) is 3.10. The van der Waals surface area contributed by atoms with Crippen LogP contribution in [0.25, 0.3) is 0 Å². The number of carbonyl (C=O) groups is 1. The van der Waals surface area contributed by atoms with E-state index in [1.54, 1.807) is 0 Å². The van der Waals surface area contributed by atoms with Crippen LogP contribution in [-0.4, -0.2) is 12.5 Å². The van der Waals surface area contributed by atoms with Gasteiger partial charge in [0, 0.05) is 12.5 Å². The summed E-state index contributed by atoms with van der Waals surface area (Å²) in [5, 5.41) is 3.41. The molecule has 0 bridgehead atoms. The second-order valence-electron chi connectivity index (χ2n) is 5.12. The van der Waals surface area contributed by atoms with Gasteiger partial charge in [-0.1, -0.05) is 25.1 Å². The number of benzene rings is 1. The Balaban J connectivity index is 2.03. The van der Waals surface area contributed by atoms with E-state index in [9.17, 15) is 4.79 Å². The van der Waals surface area contributed by atoms with E-state index in [1.807, 2.05) is 0 Å². The number of primary amides is 1. The Kier molecular flexibility index (Phi) is 4.37. The fourth-order valence-electron chi connectivity index (χ4n) is 2.57. The topological polar surface area (TPSA) is 55.1 Å². The number of amides is 1. The molecule has 1 aliphatic carbocycles. The highest BCUT2D eigenvalue weighted by Gasteiger charge is 2.22. The van der Waals surface area contributed by atoms with Crippen molar-refractivity contribution in [2.45, 2.75) is 39.2 Å². The molecular weight excluding hydrogens is 224 g/mol. The molecule has 0 aliphatic heterocycles. The summed E-state index contributed by atoms with van der Waals surface area (Å²) in [7, 11) is 0. The van der Waals surface area contributed by atoms with Crippen LogP contribution in [0.2, 0.25) is 0 Å². The van der Waals surface area contributed by atoms with Crippen molar-refractivity contribution in [3.05, 3.63) is 34.9 Å². The lowest BCUT2D eigenvalue weighted by molar-refractivity contribution is -0.122. The van der Waals surface area contributed by atoms with Gasteiger partial charge in [-0.2, -0.15) is 0 Å². The number of rotatable bonds is 5. The molecule has 1 aliphatic rings. The highest BCUT2D eigenvalue weighted by atomic mass is 16.1. The molecule has 1 amide bonds. The summed E-state index contributed by atoms with van der Waals surface area (Å²) in [6, 6.07) is 6.59. The predicted octanol–water partition coefficient (Wildman–Crippen LogP) is 1.78.